The first-order valence-corrected chi connectivity index (χ1v) is 11.3. The molecular weight excluding hydrogens is 449 g/mol. The minimum atomic E-state index is -0.534. The zero-order valence-electron chi connectivity index (χ0n) is 19.7. The first-order chi connectivity index (χ1) is 17.0. The number of nitrogens with zero attached hydrogens (tertiary/aromatic N) is 5. The summed E-state index contributed by atoms with van der Waals surface area (Å²) < 4.78 is 21.0. The number of amides is 1. The van der Waals surface area contributed by atoms with Crippen LogP contribution in [0.4, 0.5) is 10.3 Å². The second-order valence-electron chi connectivity index (χ2n) is 8.44. The summed E-state index contributed by atoms with van der Waals surface area (Å²) in [6, 6.07) is 7.16. The van der Waals surface area contributed by atoms with E-state index in [1.807, 2.05) is 36.9 Å². The number of anilines is 1. The number of fused-ring (bicyclic) bond motifs is 1. The fraction of sp³-hybridized carbons (Fsp3) is 0.280. The number of rotatable bonds is 7. The molecule has 0 fully saturated rings. The molecule has 3 aromatic heterocycles. The van der Waals surface area contributed by atoms with Gasteiger partial charge in [0.2, 0.25) is 5.95 Å². The Morgan fingerprint density at radius 1 is 1.23 bits per heavy atom. The largest absolute Gasteiger partial charge is 0.494 e. The monoisotopic (exact) mass is 475 g/mol. The van der Waals surface area contributed by atoms with Gasteiger partial charge in [-0.05, 0) is 42.7 Å². The molecule has 180 valence electrons. The van der Waals surface area contributed by atoms with Gasteiger partial charge in [0, 0.05) is 49.4 Å². The van der Waals surface area contributed by atoms with Gasteiger partial charge in [-0.25, -0.2) is 9.37 Å². The minimum absolute atomic E-state index is 0.0917. The van der Waals surface area contributed by atoms with E-state index in [4.69, 9.17) is 4.74 Å². The molecule has 4 aromatic rings. The van der Waals surface area contributed by atoms with E-state index >= 15 is 0 Å². The Morgan fingerprint density at radius 3 is 2.80 bits per heavy atom. The zero-order valence-corrected chi connectivity index (χ0v) is 19.7. The van der Waals surface area contributed by atoms with Crippen molar-refractivity contribution in [2.45, 2.75) is 25.9 Å². The fourth-order valence-electron chi connectivity index (χ4n) is 4.63. The Balaban J connectivity index is 1.54. The maximum absolute atomic E-state index is 13.9. The summed E-state index contributed by atoms with van der Waals surface area (Å²) in [5.41, 5.74) is 4.99. The number of ether oxygens (including phenoxy) is 1. The first-order valence-electron chi connectivity index (χ1n) is 11.3. The number of aromatic nitrogens is 5. The van der Waals surface area contributed by atoms with Crippen LogP contribution in [0.3, 0.4) is 0 Å². The molecule has 5 rings (SSSR count). The number of imidazole rings is 1. The Hall–Kier alpha value is -4.21. The maximum atomic E-state index is 13.9. The molecule has 9 nitrogen and oxygen atoms in total. The van der Waals surface area contributed by atoms with Crippen LogP contribution in [0.2, 0.25) is 0 Å². The van der Waals surface area contributed by atoms with Crippen LogP contribution in [0, 0.1) is 5.82 Å². The summed E-state index contributed by atoms with van der Waals surface area (Å²) in [6.45, 7) is 2.96. The molecule has 0 unspecified atom stereocenters. The zero-order chi connectivity index (χ0) is 24.5. The van der Waals surface area contributed by atoms with Crippen molar-refractivity contribution in [2.24, 2.45) is 0 Å². The van der Waals surface area contributed by atoms with Crippen LogP contribution >= 0.6 is 0 Å². The second kappa shape index (κ2) is 9.21. The highest BCUT2D eigenvalue weighted by Gasteiger charge is 2.32. The number of pyridine rings is 1. The van der Waals surface area contributed by atoms with Gasteiger partial charge in [-0.15, -0.1) is 0 Å². The van der Waals surface area contributed by atoms with E-state index in [1.54, 1.807) is 23.4 Å². The summed E-state index contributed by atoms with van der Waals surface area (Å²) in [7, 11) is 3.23. The number of H-pyrrole nitrogens is 1. The summed E-state index contributed by atoms with van der Waals surface area (Å²) in [6.07, 6.45) is 7.14. The van der Waals surface area contributed by atoms with Crippen molar-refractivity contribution in [1.29, 1.82) is 0 Å². The van der Waals surface area contributed by atoms with Crippen molar-refractivity contribution in [3.63, 3.8) is 0 Å². The van der Waals surface area contributed by atoms with Crippen molar-refractivity contribution in [3.05, 3.63) is 77.3 Å². The highest BCUT2D eigenvalue weighted by atomic mass is 19.1. The number of carbonyl (C=O) groups excluding carboxylic acids is 1. The molecule has 0 radical (unpaired) electrons. The lowest BCUT2D eigenvalue weighted by Crippen LogP contribution is -2.40. The summed E-state index contributed by atoms with van der Waals surface area (Å²) in [4.78, 5) is 24.1. The van der Waals surface area contributed by atoms with E-state index in [0.29, 0.717) is 30.8 Å². The lowest BCUT2D eigenvalue weighted by Gasteiger charge is -2.34. The predicted molar refractivity (Wildman–Crippen MR) is 129 cm³/mol. The molecule has 4 heterocycles. The molecule has 35 heavy (non-hydrogen) atoms. The van der Waals surface area contributed by atoms with Gasteiger partial charge < -0.3 is 19.5 Å². The van der Waals surface area contributed by atoms with E-state index in [2.05, 4.69) is 31.5 Å². The molecule has 1 aliphatic rings. The van der Waals surface area contributed by atoms with E-state index in [9.17, 15) is 9.18 Å². The molecule has 0 aliphatic carbocycles. The topological polar surface area (TPSA) is 101 Å². The van der Waals surface area contributed by atoms with Gasteiger partial charge in [-0.1, -0.05) is 0 Å². The normalized spacial score (nSPS) is 14.1. The number of methoxy groups -OCH3 is 1. The lowest BCUT2D eigenvalue weighted by atomic mass is 9.89. The molecule has 10 heteroatoms. The predicted octanol–water partition coefficient (Wildman–Crippen LogP) is 3.67. The number of benzene rings is 1. The third-order valence-electron chi connectivity index (χ3n) is 6.44. The van der Waals surface area contributed by atoms with Crippen molar-refractivity contribution in [3.8, 4) is 17.0 Å². The average molecular weight is 476 g/mol. The fourth-order valence-corrected chi connectivity index (χ4v) is 4.63. The molecule has 0 saturated heterocycles. The van der Waals surface area contributed by atoms with Crippen LogP contribution in [0.5, 0.6) is 5.75 Å². The molecule has 1 atom stereocenters. The Morgan fingerprint density at radius 2 is 2.06 bits per heavy atom. The third kappa shape index (κ3) is 4.11. The number of hydrogen-bond donors (Lipinski definition) is 2. The quantitative estimate of drug-likeness (QED) is 0.423. The maximum Gasteiger partial charge on any atom is 0.254 e. The van der Waals surface area contributed by atoms with Crippen molar-refractivity contribution in [2.75, 3.05) is 26.0 Å². The molecule has 1 aliphatic heterocycles. The van der Waals surface area contributed by atoms with Gasteiger partial charge in [0.15, 0.2) is 11.6 Å². The summed E-state index contributed by atoms with van der Waals surface area (Å²) in [5.74, 6) is 0.221. The van der Waals surface area contributed by atoms with Crippen molar-refractivity contribution < 1.29 is 13.9 Å². The SMILES string of the molecule is CNc1nccn1Cc1cc2c(c(-c3ccn[nH]3)c1)CCN([C@@H](C)c1cc(OC)c(F)cn1)C2=O. The molecule has 0 spiro atoms. The van der Waals surface area contributed by atoms with Gasteiger partial charge in [0.1, 0.15) is 0 Å². The molecule has 1 amide bonds. The Labute approximate surface area is 202 Å². The number of nitrogens with one attached hydrogen (secondary N) is 2. The van der Waals surface area contributed by atoms with E-state index in [1.165, 1.54) is 7.11 Å². The van der Waals surface area contributed by atoms with Crippen LogP contribution in [-0.4, -0.2) is 56.2 Å². The van der Waals surface area contributed by atoms with Crippen molar-refractivity contribution in [1.82, 2.24) is 29.6 Å². The van der Waals surface area contributed by atoms with Gasteiger partial charge in [0.05, 0.1) is 37.3 Å². The third-order valence-corrected chi connectivity index (χ3v) is 6.44. The molecule has 0 bridgehead atoms. The molecule has 2 N–H and O–H groups in total. The molecular formula is C25H26FN7O2. The van der Waals surface area contributed by atoms with Crippen LogP contribution < -0.4 is 10.1 Å². The van der Waals surface area contributed by atoms with Gasteiger partial charge >= 0.3 is 0 Å². The number of aromatic amines is 1. The Kier molecular flexibility index (Phi) is 5.94. The van der Waals surface area contributed by atoms with Gasteiger partial charge in [-0.3, -0.25) is 14.9 Å². The highest BCUT2D eigenvalue weighted by Crippen LogP contribution is 2.34. The van der Waals surface area contributed by atoms with Crippen LogP contribution in [0.25, 0.3) is 11.3 Å². The van der Waals surface area contributed by atoms with Crippen LogP contribution in [0.15, 0.2) is 49.1 Å². The Bertz CT molecular complexity index is 1370. The summed E-state index contributed by atoms with van der Waals surface area (Å²) in [5, 5.41) is 10.2. The first kappa shape index (κ1) is 22.6. The second-order valence-corrected chi connectivity index (χ2v) is 8.44. The lowest BCUT2D eigenvalue weighted by molar-refractivity contribution is 0.0669. The van der Waals surface area contributed by atoms with Crippen molar-refractivity contribution >= 4 is 11.9 Å². The van der Waals surface area contributed by atoms with E-state index in [0.717, 1.165) is 34.5 Å². The average Bonchev–Trinajstić information content (AvgIpc) is 3.56. The molecule has 0 saturated carbocycles. The standard InChI is InChI=1S/C25H26FN7O2/c1-15(22-12-23(35-3)20(26)13-29-22)33-8-5-17-18(21-4-6-30-31-21)10-16(11-19(17)24(33)34)14-32-9-7-28-25(32)27-2/h4,6-7,9-13,15H,5,8,14H2,1-3H3,(H,27,28)(H,30,31)/t15-/m0/s1. The van der Waals surface area contributed by atoms with Crippen LogP contribution in [0.1, 0.15) is 40.1 Å². The molecule has 1 aromatic carbocycles. The number of halogens is 1. The highest BCUT2D eigenvalue weighted by molar-refractivity contribution is 5.99. The van der Waals surface area contributed by atoms with E-state index in [-0.39, 0.29) is 17.7 Å². The van der Waals surface area contributed by atoms with Gasteiger partial charge in [-0.2, -0.15) is 5.10 Å². The minimum Gasteiger partial charge on any atom is -0.494 e. The van der Waals surface area contributed by atoms with E-state index < -0.39 is 5.82 Å². The number of hydrogen-bond acceptors (Lipinski definition) is 6. The smallest absolute Gasteiger partial charge is 0.254 e. The van der Waals surface area contributed by atoms with Crippen LogP contribution in [-0.2, 0) is 13.0 Å². The summed E-state index contributed by atoms with van der Waals surface area (Å²) >= 11 is 0. The van der Waals surface area contributed by atoms with Gasteiger partial charge in [0.25, 0.3) is 5.91 Å². The number of carbonyl (C=O) groups is 1.